The molecular formula is C17H10BrClN4O2. The molecule has 0 aliphatic rings. The molecule has 0 fully saturated rings. The molecule has 0 radical (unpaired) electrons. The molecule has 0 spiro atoms. The lowest BCUT2D eigenvalue weighted by molar-refractivity contribution is 0.100. The maximum atomic E-state index is 11.3. The Labute approximate surface area is 155 Å². The third-order valence-electron chi connectivity index (χ3n) is 3.74. The number of hydrogen-bond donors (Lipinski definition) is 2. The molecular weight excluding hydrogens is 408 g/mol. The number of carbonyl (C=O) groups excluding carboxylic acids is 1. The van der Waals surface area contributed by atoms with Gasteiger partial charge in [-0.1, -0.05) is 44.8 Å². The number of benzene rings is 2. The van der Waals surface area contributed by atoms with Crippen LogP contribution in [-0.4, -0.2) is 21.0 Å². The summed E-state index contributed by atoms with van der Waals surface area (Å²) in [5.74, 6) is 0.0839. The van der Waals surface area contributed by atoms with Crippen molar-refractivity contribution in [3.05, 3.63) is 57.5 Å². The summed E-state index contributed by atoms with van der Waals surface area (Å²) in [6.07, 6.45) is 0. The summed E-state index contributed by atoms with van der Waals surface area (Å²) in [5, 5.41) is 5.31. The minimum atomic E-state index is -0.519. The predicted octanol–water partition coefficient (Wildman–Crippen LogP) is 4.40. The smallest absolute Gasteiger partial charge is 0.276 e. The number of carbonyl (C=O) groups is 1. The van der Waals surface area contributed by atoms with Gasteiger partial charge in [-0.3, -0.25) is 4.79 Å². The first kappa shape index (κ1) is 15.9. The molecule has 0 atom stereocenters. The van der Waals surface area contributed by atoms with E-state index in [1.807, 2.05) is 18.2 Å². The van der Waals surface area contributed by atoms with Crippen LogP contribution in [0.5, 0.6) is 0 Å². The number of primary amides is 1. The van der Waals surface area contributed by atoms with Gasteiger partial charge in [0.05, 0.1) is 5.02 Å². The van der Waals surface area contributed by atoms with Gasteiger partial charge in [0.1, 0.15) is 5.69 Å². The van der Waals surface area contributed by atoms with E-state index in [-0.39, 0.29) is 5.89 Å². The first-order valence-corrected chi connectivity index (χ1v) is 8.41. The van der Waals surface area contributed by atoms with Crippen molar-refractivity contribution in [2.45, 2.75) is 0 Å². The van der Waals surface area contributed by atoms with Gasteiger partial charge < -0.3 is 15.2 Å². The van der Waals surface area contributed by atoms with E-state index < -0.39 is 5.91 Å². The summed E-state index contributed by atoms with van der Waals surface area (Å²) < 4.78 is 6.26. The lowest BCUT2D eigenvalue weighted by Crippen LogP contribution is -2.10. The van der Waals surface area contributed by atoms with E-state index in [4.69, 9.17) is 21.9 Å². The number of amides is 1. The molecule has 0 unspecified atom stereocenters. The minimum absolute atomic E-state index is 0.261. The molecule has 6 nitrogen and oxygen atoms in total. The van der Waals surface area contributed by atoms with Gasteiger partial charge in [0.15, 0.2) is 0 Å². The fourth-order valence-corrected chi connectivity index (χ4v) is 3.18. The summed E-state index contributed by atoms with van der Waals surface area (Å²) in [7, 11) is 0. The number of aromatic nitrogens is 3. The van der Waals surface area contributed by atoms with Crippen LogP contribution in [0.15, 0.2) is 51.5 Å². The fraction of sp³-hybridized carbons (Fsp3) is 0. The maximum Gasteiger partial charge on any atom is 0.276 e. The van der Waals surface area contributed by atoms with E-state index in [9.17, 15) is 4.79 Å². The summed E-state index contributed by atoms with van der Waals surface area (Å²) in [5.41, 5.74) is 7.70. The zero-order valence-electron chi connectivity index (χ0n) is 12.6. The van der Waals surface area contributed by atoms with Crippen molar-refractivity contribution in [1.29, 1.82) is 0 Å². The van der Waals surface area contributed by atoms with E-state index in [0.717, 1.165) is 15.4 Å². The highest BCUT2D eigenvalue weighted by atomic mass is 79.9. The Balaban J connectivity index is 1.78. The number of nitrogens with two attached hydrogens (primary N) is 1. The van der Waals surface area contributed by atoms with Crippen molar-refractivity contribution in [3.8, 4) is 23.0 Å². The van der Waals surface area contributed by atoms with Gasteiger partial charge in [-0.25, -0.2) is 0 Å². The fourth-order valence-electron chi connectivity index (χ4n) is 2.53. The first-order valence-electron chi connectivity index (χ1n) is 7.24. The Morgan fingerprint density at radius 2 is 2.08 bits per heavy atom. The van der Waals surface area contributed by atoms with Crippen molar-refractivity contribution >= 4 is 44.3 Å². The molecule has 2 heterocycles. The number of fused-ring (bicyclic) bond motifs is 1. The van der Waals surface area contributed by atoms with E-state index >= 15 is 0 Å². The van der Waals surface area contributed by atoms with Crippen LogP contribution >= 0.6 is 27.5 Å². The van der Waals surface area contributed by atoms with Crippen LogP contribution in [0, 0.1) is 0 Å². The molecule has 4 rings (SSSR count). The van der Waals surface area contributed by atoms with Gasteiger partial charge >= 0.3 is 0 Å². The highest BCUT2D eigenvalue weighted by molar-refractivity contribution is 9.10. The zero-order chi connectivity index (χ0) is 17.6. The first-order chi connectivity index (χ1) is 12.0. The summed E-state index contributed by atoms with van der Waals surface area (Å²) in [6.45, 7) is 0. The van der Waals surface area contributed by atoms with Crippen LogP contribution < -0.4 is 5.73 Å². The lowest BCUT2D eigenvalue weighted by atomic mass is 10.1. The Bertz CT molecular complexity index is 1120. The topological polar surface area (TPSA) is 97.8 Å². The summed E-state index contributed by atoms with van der Waals surface area (Å²) in [4.78, 5) is 18.9. The quantitative estimate of drug-likeness (QED) is 0.516. The number of H-pyrrole nitrogens is 1. The van der Waals surface area contributed by atoms with Crippen molar-refractivity contribution in [2.75, 3.05) is 0 Å². The summed E-state index contributed by atoms with van der Waals surface area (Å²) in [6, 6.07) is 12.4. The molecule has 2 aromatic carbocycles. The van der Waals surface area contributed by atoms with E-state index in [1.54, 1.807) is 24.3 Å². The SMILES string of the molecule is NC(=O)c1cccc(-c2noc(-c3[nH]c4ccc(Br)cc4c3Cl)n2)c1. The largest absolute Gasteiger partial charge is 0.366 e. The Morgan fingerprint density at radius 1 is 1.24 bits per heavy atom. The Morgan fingerprint density at radius 3 is 2.88 bits per heavy atom. The van der Waals surface area contributed by atoms with Gasteiger partial charge in [-0.15, -0.1) is 0 Å². The molecule has 25 heavy (non-hydrogen) atoms. The lowest BCUT2D eigenvalue weighted by Gasteiger charge is -1.97. The van der Waals surface area contributed by atoms with Gasteiger partial charge in [-0.2, -0.15) is 4.98 Å². The maximum absolute atomic E-state index is 11.3. The average molecular weight is 418 g/mol. The molecule has 1 amide bonds. The number of hydrogen-bond acceptors (Lipinski definition) is 4. The third kappa shape index (κ3) is 2.81. The van der Waals surface area contributed by atoms with Crippen molar-refractivity contribution < 1.29 is 9.32 Å². The zero-order valence-corrected chi connectivity index (χ0v) is 14.9. The van der Waals surface area contributed by atoms with Crippen molar-refractivity contribution in [2.24, 2.45) is 5.73 Å². The minimum Gasteiger partial charge on any atom is -0.366 e. The molecule has 0 saturated carbocycles. The second-order valence-electron chi connectivity index (χ2n) is 5.37. The van der Waals surface area contributed by atoms with Gasteiger partial charge in [0.2, 0.25) is 11.7 Å². The molecule has 4 aromatic rings. The molecule has 124 valence electrons. The van der Waals surface area contributed by atoms with Crippen LogP contribution in [0.4, 0.5) is 0 Å². The standard InChI is InChI=1S/C17H10BrClN4O2/c18-10-4-5-12-11(7-10)13(19)14(21-12)17-22-16(23-25-17)9-3-1-2-8(6-9)15(20)24/h1-7,21H,(H2,20,24). The highest BCUT2D eigenvalue weighted by Crippen LogP contribution is 2.35. The number of nitrogens with zero attached hydrogens (tertiary/aromatic N) is 2. The van der Waals surface area contributed by atoms with Crippen LogP contribution in [0.2, 0.25) is 5.02 Å². The van der Waals surface area contributed by atoms with Gasteiger partial charge in [0, 0.05) is 26.5 Å². The molecule has 0 aliphatic carbocycles. The molecule has 8 heteroatoms. The number of halogens is 2. The number of rotatable bonds is 3. The second-order valence-corrected chi connectivity index (χ2v) is 6.67. The van der Waals surface area contributed by atoms with E-state index in [2.05, 4.69) is 31.1 Å². The van der Waals surface area contributed by atoms with Crippen molar-refractivity contribution in [1.82, 2.24) is 15.1 Å². The van der Waals surface area contributed by atoms with Crippen molar-refractivity contribution in [3.63, 3.8) is 0 Å². The highest BCUT2D eigenvalue weighted by Gasteiger charge is 2.18. The Kier molecular flexibility index (Phi) is 3.82. The normalized spacial score (nSPS) is 11.1. The van der Waals surface area contributed by atoms with E-state index in [0.29, 0.717) is 27.7 Å². The monoisotopic (exact) mass is 416 g/mol. The molecule has 2 aromatic heterocycles. The summed E-state index contributed by atoms with van der Waals surface area (Å²) >= 11 is 9.87. The average Bonchev–Trinajstić information content (AvgIpc) is 3.20. The van der Waals surface area contributed by atoms with Crippen LogP contribution in [0.25, 0.3) is 33.9 Å². The molecule has 0 bridgehead atoms. The number of nitrogens with one attached hydrogen (secondary N) is 1. The van der Waals surface area contributed by atoms with Crippen LogP contribution in [0.1, 0.15) is 10.4 Å². The molecule has 0 aliphatic heterocycles. The van der Waals surface area contributed by atoms with Crippen LogP contribution in [-0.2, 0) is 0 Å². The van der Waals surface area contributed by atoms with E-state index in [1.165, 1.54) is 0 Å². The third-order valence-corrected chi connectivity index (χ3v) is 4.63. The van der Waals surface area contributed by atoms with Crippen LogP contribution in [0.3, 0.4) is 0 Å². The second kappa shape index (κ2) is 6.02. The number of aromatic amines is 1. The Hall–Kier alpha value is -2.64. The predicted molar refractivity (Wildman–Crippen MR) is 98.3 cm³/mol. The van der Waals surface area contributed by atoms with Gasteiger partial charge in [-0.05, 0) is 30.3 Å². The van der Waals surface area contributed by atoms with Gasteiger partial charge in [0.25, 0.3) is 5.89 Å². The molecule has 3 N–H and O–H groups in total. The molecule has 0 saturated heterocycles.